The molecule has 1 aromatic carbocycles. The van der Waals surface area contributed by atoms with Crippen LogP contribution in [-0.4, -0.2) is 5.16 Å². The van der Waals surface area contributed by atoms with Crippen LogP contribution in [0.3, 0.4) is 0 Å². The van der Waals surface area contributed by atoms with Crippen LogP contribution < -0.4 is 5.73 Å². The standard InChI is InChI=1S/C10H6BrF3N2O/c11-7-2-1-5(3-6(7)10(12,13)14)8-4-9(15)16-17-8/h1-4H,(H2,15,16). The van der Waals surface area contributed by atoms with Crippen molar-refractivity contribution in [2.75, 3.05) is 5.73 Å². The normalized spacial score (nSPS) is 11.8. The zero-order chi connectivity index (χ0) is 12.6. The van der Waals surface area contributed by atoms with E-state index in [-0.39, 0.29) is 21.6 Å². The van der Waals surface area contributed by atoms with Gasteiger partial charge in [-0.05, 0) is 18.2 Å². The predicted molar refractivity (Wildman–Crippen MR) is 59.1 cm³/mol. The van der Waals surface area contributed by atoms with Crippen molar-refractivity contribution in [3.05, 3.63) is 34.3 Å². The Morgan fingerprint density at radius 1 is 1.24 bits per heavy atom. The highest BCUT2D eigenvalue weighted by Crippen LogP contribution is 2.37. The topological polar surface area (TPSA) is 52.0 Å². The Bertz CT molecular complexity index is 551. The van der Waals surface area contributed by atoms with Crippen molar-refractivity contribution in [1.82, 2.24) is 5.16 Å². The molecule has 2 N–H and O–H groups in total. The van der Waals surface area contributed by atoms with Crippen molar-refractivity contribution in [2.24, 2.45) is 0 Å². The highest BCUT2D eigenvalue weighted by atomic mass is 79.9. The van der Waals surface area contributed by atoms with Crippen molar-refractivity contribution in [3.63, 3.8) is 0 Å². The van der Waals surface area contributed by atoms with E-state index in [1.807, 2.05) is 0 Å². The van der Waals surface area contributed by atoms with E-state index in [1.54, 1.807) is 0 Å². The van der Waals surface area contributed by atoms with E-state index in [0.717, 1.165) is 6.07 Å². The quantitative estimate of drug-likeness (QED) is 0.874. The average molecular weight is 307 g/mol. The lowest BCUT2D eigenvalue weighted by Crippen LogP contribution is -2.05. The van der Waals surface area contributed by atoms with E-state index >= 15 is 0 Å². The number of benzene rings is 1. The number of rotatable bonds is 1. The molecule has 0 atom stereocenters. The van der Waals surface area contributed by atoms with Crippen molar-refractivity contribution >= 4 is 21.7 Å². The Balaban J connectivity index is 2.51. The number of nitrogen functional groups attached to an aromatic ring is 1. The van der Waals surface area contributed by atoms with Gasteiger partial charge in [-0.1, -0.05) is 21.1 Å². The molecule has 0 aliphatic rings. The van der Waals surface area contributed by atoms with E-state index in [1.165, 1.54) is 18.2 Å². The van der Waals surface area contributed by atoms with E-state index in [0.29, 0.717) is 0 Å². The van der Waals surface area contributed by atoms with Crippen LogP contribution in [0.5, 0.6) is 0 Å². The molecule has 7 heteroatoms. The molecular weight excluding hydrogens is 301 g/mol. The third-order valence-electron chi connectivity index (χ3n) is 2.08. The number of anilines is 1. The molecule has 0 saturated heterocycles. The van der Waals surface area contributed by atoms with Gasteiger partial charge in [-0.3, -0.25) is 0 Å². The number of nitrogens with two attached hydrogens (primary N) is 1. The molecule has 0 spiro atoms. The Morgan fingerprint density at radius 2 is 1.94 bits per heavy atom. The van der Waals surface area contributed by atoms with Crippen molar-refractivity contribution in [1.29, 1.82) is 0 Å². The Labute approximate surface area is 103 Å². The maximum Gasteiger partial charge on any atom is 0.417 e. The SMILES string of the molecule is Nc1cc(-c2ccc(Br)c(C(F)(F)F)c2)on1. The third-order valence-corrected chi connectivity index (χ3v) is 2.78. The summed E-state index contributed by atoms with van der Waals surface area (Å²) >= 11 is 2.85. The van der Waals surface area contributed by atoms with E-state index in [4.69, 9.17) is 10.3 Å². The van der Waals surface area contributed by atoms with Gasteiger partial charge in [0.05, 0.1) is 5.56 Å². The second kappa shape index (κ2) is 4.06. The number of halogens is 4. The van der Waals surface area contributed by atoms with Crippen LogP contribution in [0.25, 0.3) is 11.3 Å². The lowest BCUT2D eigenvalue weighted by molar-refractivity contribution is -0.138. The zero-order valence-electron chi connectivity index (χ0n) is 8.25. The second-order valence-electron chi connectivity index (χ2n) is 3.31. The van der Waals surface area contributed by atoms with Gasteiger partial charge in [-0.2, -0.15) is 13.2 Å². The molecule has 1 aromatic heterocycles. The van der Waals surface area contributed by atoms with Crippen LogP contribution in [0.15, 0.2) is 33.3 Å². The van der Waals surface area contributed by atoms with Crippen molar-refractivity contribution in [2.45, 2.75) is 6.18 Å². The summed E-state index contributed by atoms with van der Waals surface area (Å²) in [6, 6.07) is 5.13. The Hall–Kier alpha value is -1.50. The van der Waals surface area contributed by atoms with Gasteiger partial charge in [0.2, 0.25) is 0 Å². The molecular formula is C10H6BrF3N2O. The molecule has 0 aliphatic heterocycles. The highest BCUT2D eigenvalue weighted by Gasteiger charge is 2.33. The van der Waals surface area contributed by atoms with E-state index in [2.05, 4.69) is 21.1 Å². The minimum atomic E-state index is -4.43. The minimum absolute atomic E-state index is 0.0266. The van der Waals surface area contributed by atoms with Crippen LogP contribution in [-0.2, 0) is 6.18 Å². The maximum atomic E-state index is 12.6. The molecule has 0 amide bonds. The first kappa shape index (κ1) is 12.0. The van der Waals surface area contributed by atoms with Gasteiger partial charge >= 0.3 is 6.18 Å². The van der Waals surface area contributed by atoms with E-state index < -0.39 is 11.7 Å². The number of hydrogen-bond acceptors (Lipinski definition) is 3. The summed E-state index contributed by atoms with van der Waals surface area (Å²) < 4.78 is 42.7. The van der Waals surface area contributed by atoms with Gasteiger partial charge in [-0.25, -0.2) is 0 Å². The Kier molecular flexibility index (Phi) is 2.86. The summed E-state index contributed by atoms with van der Waals surface area (Å²) in [7, 11) is 0. The monoisotopic (exact) mass is 306 g/mol. The minimum Gasteiger partial charge on any atom is -0.381 e. The molecule has 2 rings (SSSR count). The fraction of sp³-hybridized carbons (Fsp3) is 0.100. The molecule has 0 bridgehead atoms. The van der Waals surface area contributed by atoms with Crippen molar-refractivity contribution in [3.8, 4) is 11.3 Å². The first-order valence-corrected chi connectivity index (χ1v) is 5.26. The first-order chi connectivity index (χ1) is 7.88. The number of aromatic nitrogens is 1. The van der Waals surface area contributed by atoms with Gasteiger partial charge < -0.3 is 10.3 Å². The Morgan fingerprint density at radius 3 is 2.47 bits per heavy atom. The summed E-state index contributed by atoms with van der Waals surface area (Å²) in [5, 5.41) is 3.42. The summed E-state index contributed by atoms with van der Waals surface area (Å²) in [6.07, 6.45) is -4.43. The molecule has 0 radical (unpaired) electrons. The van der Waals surface area contributed by atoms with E-state index in [9.17, 15) is 13.2 Å². The zero-order valence-corrected chi connectivity index (χ0v) is 9.84. The molecule has 3 nitrogen and oxygen atoms in total. The van der Waals surface area contributed by atoms with Gasteiger partial charge in [0.1, 0.15) is 0 Å². The number of alkyl halides is 3. The summed E-state index contributed by atoms with van der Waals surface area (Å²) in [5.74, 6) is 0.317. The van der Waals surface area contributed by atoms with Crippen LogP contribution in [0, 0.1) is 0 Å². The summed E-state index contributed by atoms with van der Waals surface area (Å²) in [4.78, 5) is 0. The van der Waals surface area contributed by atoms with Crippen LogP contribution in [0.4, 0.5) is 19.0 Å². The fourth-order valence-corrected chi connectivity index (χ4v) is 1.79. The molecule has 0 aliphatic carbocycles. The van der Waals surface area contributed by atoms with Gasteiger partial charge in [0.25, 0.3) is 0 Å². The van der Waals surface area contributed by atoms with Crippen LogP contribution >= 0.6 is 15.9 Å². The molecule has 0 fully saturated rings. The molecule has 0 unspecified atom stereocenters. The predicted octanol–water partition coefficient (Wildman–Crippen LogP) is 3.71. The fourth-order valence-electron chi connectivity index (χ4n) is 1.32. The average Bonchev–Trinajstić information content (AvgIpc) is 2.64. The van der Waals surface area contributed by atoms with Gasteiger partial charge in [0.15, 0.2) is 11.6 Å². The molecule has 90 valence electrons. The highest BCUT2D eigenvalue weighted by molar-refractivity contribution is 9.10. The third kappa shape index (κ3) is 2.44. The number of hydrogen-bond donors (Lipinski definition) is 1. The second-order valence-corrected chi connectivity index (χ2v) is 4.16. The van der Waals surface area contributed by atoms with Crippen LogP contribution in [0.2, 0.25) is 0 Å². The first-order valence-electron chi connectivity index (χ1n) is 4.47. The number of nitrogens with zero attached hydrogens (tertiary/aromatic N) is 1. The lowest BCUT2D eigenvalue weighted by atomic mass is 10.1. The summed E-state index contributed by atoms with van der Waals surface area (Å²) in [5.41, 5.74) is 4.83. The molecule has 0 saturated carbocycles. The molecule has 2 aromatic rings. The molecule has 1 heterocycles. The van der Waals surface area contributed by atoms with Crippen LogP contribution in [0.1, 0.15) is 5.56 Å². The van der Waals surface area contributed by atoms with Gasteiger partial charge in [0, 0.05) is 16.1 Å². The summed E-state index contributed by atoms with van der Waals surface area (Å²) in [6.45, 7) is 0. The molecule has 17 heavy (non-hydrogen) atoms. The maximum absolute atomic E-state index is 12.6. The lowest BCUT2D eigenvalue weighted by Gasteiger charge is -2.09. The van der Waals surface area contributed by atoms with Gasteiger partial charge in [-0.15, -0.1) is 0 Å². The van der Waals surface area contributed by atoms with Crippen molar-refractivity contribution < 1.29 is 17.7 Å². The smallest absolute Gasteiger partial charge is 0.381 e. The largest absolute Gasteiger partial charge is 0.417 e.